The van der Waals surface area contributed by atoms with E-state index in [0.717, 1.165) is 16.6 Å². The molecule has 0 saturated heterocycles. The smallest absolute Gasteiger partial charge is 0.308 e. The molecule has 0 aliphatic rings. The van der Waals surface area contributed by atoms with Crippen molar-refractivity contribution < 1.29 is 9.90 Å². The minimum Gasteiger partial charge on any atom is -0.481 e. The van der Waals surface area contributed by atoms with Crippen molar-refractivity contribution in [2.75, 3.05) is 11.9 Å². The summed E-state index contributed by atoms with van der Waals surface area (Å²) in [6.07, 6.45) is 1.75. The quantitative estimate of drug-likeness (QED) is 0.846. The van der Waals surface area contributed by atoms with Gasteiger partial charge >= 0.3 is 5.97 Å². The Morgan fingerprint density at radius 1 is 1.47 bits per heavy atom. The fraction of sp³-hybridized carbons (Fsp3) is 0.231. The number of aromatic nitrogens is 1. The highest BCUT2D eigenvalue weighted by Gasteiger charge is 2.09. The summed E-state index contributed by atoms with van der Waals surface area (Å²) in [7, 11) is 0. The molecule has 88 valence electrons. The van der Waals surface area contributed by atoms with E-state index in [9.17, 15) is 4.79 Å². The lowest BCUT2D eigenvalue weighted by molar-refractivity contribution is -0.140. The summed E-state index contributed by atoms with van der Waals surface area (Å²) in [6.45, 7) is 2.10. The molecule has 17 heavy (non-hydrogen) atoms. The first kappa shape index (κ1) is 11.4. The number of rotatable bonds is 4. The average Bonchev–Trinajstić information content (AvgIpc) is 2.35. The molecule has 0 aliphatic heterocycles. The number of benzene rings is 1. The van der Waals surface area contributed by atoms with Gasteiger partial charge in [-0.05, 0) is 24.3 Å². The van der Waals surface area contributed by atoms with Gasteiger partial charge in [-0.25, -0.2) is 0 Å². The number of carboxylic acids is 1. The summed E-state index contributed by atoms with van der Waals surface area (Å²) in [4.78, 5) is 14.9. The molecule has 4 heteroatoms. The lowest BCUT2D eigenvalue weighted by Gasteiger charge is -2.10. The van der Waals surface area contributed by atoms with Crippen LogP contribution in [0.1, 0.15) is 6.92 Å². The van der Waals surface area contributed by atoms with E-state index in [1.807, 2.05) is 30.3 Å². The molecule has 0 amide bonds. The maximum absolute atomic E-state index is 10.7. The van der Waals surface area contributed by atoms with Crippen molar-refractivity contribution in [3.63, 3.8) is 0 Å². The Morgan fingerprint density at radius 2 is 2.29 bits per heavy atom. The average molecular weight is 230 g/mol. The zero-order valence-electron chi connectivity index (χ0n) is 9.55. The normalized spacial score (nSPS) is 12.3. The van der Waals surface area contributed by atoms with Crippen LogP contribution < -0.4 is 5.32 Å². The van der Waals surface area contributed by atoms with Gasteiger partial charge in [0.1, 0.15) is 0 Å². The Labute approximate surface area is 99.3 Å². The number of hydrogen-bond acceptors (Lipinski definition) is 3. The number of fused-ring (bicyclic) bond motifs is 1. The van der Waals surface area contributed by atoms with Crippen molar-refractivity contribution in [3.8, 4) is 0 Å². The van der Waals surface area contributed by atoms with Crippen LogP contribution in [0.2, 0.25) is 0 Å². The van der Waals surface area contributed by atoms with Crippen molar-refractivity contribution in [1.82, 2.24) is 4.98 Å². The molecule has 0 bridgehead atoms. The van der Waals surface area contributed by atoms with Crippen LogP contribution in [-0.2, 0) is 4.79 Å². The molecule has 1 aromatic carbocycles. The third kappa shape index (κ3) is 2.72. The van der Waals surface area contributed by atoms with Gasteiger partial charge in [0.2, 0.25) is 0 Å². The monoisotopic (exact) mass is 230 g/mol. The fourth-order valence-electron chi connectivity index (χ4n) is 1.54. The van der Waals surface area contributed by atoms with Crippen LogP contribution in [-0.4, -0.2) is 22.6 Å². The molecule has 2 aromatic rings. The molecule has 0 radical (unpaired) electrons. The van der Waals surface area contributed by atoms with Crippen LogP contribution in [0, 0.1) is 5.92 Å². The fourth-order valence-corrected chi connectivity index (χ4v) is 1.54. The molecule has 2 rings (SSSR count). The summed E-state index contributed by atoms with van der Waals surface area (Å²) in [6, 6.07) is 9.66. The van der Waals surface area contributed by atoms with Crippen molar-refractivity contribution >= 4 is 22.6 Å². The lowest BCUT2D eigenvalue weighted by atomic mass is 10.1. The minimum absolute atomic E-state index is 0.403. The number of nitrogens with zero attached hydrogens (tertiary/aromatic N) is 1. The van der Waals surface area contributed by atoms with E-state index in [1.165, 1.54) is 0 Å². The third-order valence-electron chi connectivity index (χ3n) is 2.64. The van der Waals surface area contributed by atoms with Crippen LogP contribution >= 0.6 is 0 Å². The van der Waals surface area contributed by atoms with Crippen LogP contribution in [0.25, 0.3) is 10.9 Å². The van der Waals surface area contributed by atoms with Crippen molar-refractivity contribution in [2.45, 2.75) is 6.92 Å². The number of carboxylic acid groups (broad SMARTS) is 1. The Kier molecular flexibility index (Phi) is 3.23. The molecule has 0 spiro atoms. The van der Waals surface area contributed by atoms with Gasteiger partial charge in [0.15, 0.2) is 0 Å². The number of hydrogen-bond donors (Lipinski definition) is 2. The van der Waals surface area contributed by atoms with Gasteiger partial charge in [0.05, 0.1) is 11.4 Å². The second-order valence-electron chi connectivity index (χ2n) is 4.03. The van der Waals surface area contributed by atoms with Gasteiger partial charge in [0.25, 0.3) is 0 Å². The third-order valence-corrected chi connectivity index (χ3v) is 2.64. The number of aliphatic carboxylic acids is 1. The SMILES string of the molecule is CC(CNc1ccc2ncccc2c1)C(=O)O. The number of nitrogens with one attached hydrogen (secondary N) is 1. The standard InChI is InChI=1S/C13H14N2O2/c1-9(13(16)17)8-15-11-4-5-12-10(7-11)3-2-6-14-12/h2-7,9,15H,8H2,1H3,(H,16,17). The number of carbonyl (C=O) groups is 1. The Balaban J connectivity index is 2.12. The zero-order chi connectivity index (χ0) is 12.3. The second-order valence-corrected chi connectivity index (χ2v) is 4.03. The van der Waals surface area contributed by atoms with Gasteiger partial charge in [-0.15, -0.1) is 0 Å². The molecule has 1 heterocycles. The topological polar surface area (TPSA) is 62.2 Å². The summed E-state index contributed by atoms with van der Waals surface area (Å²) in [5.74, 6) is -1.19. The van der Waals surface area contributed by atoms with Crippen LogP contribution in [0.3, 0.4) is 0 Å². The Hall–Kier alpha value is -2.10. The summed E-state index contributed by atoms with van der Waals surface area (Å²) >= 11 is 0. The summed E-state index contributed by atoms with van der Waals surface area (Å²) < 4.78 is 0. The second kappa shape index (κ2) is 4.82. The van der Waals surface area contributed by atoms with Crippen LogP contribution in [0.4, 0.5) is 5.69 Å². The van der Waals surface area contributed by atoms with Gasteiger partial charge in [-0.1, -0.05) is 13.0 Å². The van der Waals surface area contributed by atoms with Crippen molar-refractivity contribution in [1.29, 1.82) is 0 Å². The molecule has 0 aliphatic carbocycles. The molecule has 2 N–H and O–H groups in total. The summed E-state index contributed by atoms with van der Waals surface area (Å²) in [5, 5.41) is 12.9. The van der Waals surface area contributed by atoms with E-state index in [2.05, 4.69) is 10.3 Å². The molecule has 0 fully saturated rings. The molecule has 1 aromatic heterocycles. The largest absolute Gasteiger partial charge is 0.481 e. The predicted octanol–water partition coefficient (Wildman–Crippen LogP) is 2.37. The van der Waals surface area contributed by atoms with Crippen molar-refractivity contribution in [2.24, 2.45) is 5.92 Å². The first-order valence-electron chi connectivity index (χ1n) is 5.48. The first-order valence-corrected chi connectivity index (χ1v) is 5.48. The maximum atomic E-state index is 10.7. The van der Waals surface area contributed by atoms with Gasteiger partial charge < -0.3 is 10.4 Å². The molecule has 4 nitrogen and oxygen atoms in total. The van der Waals surface area contributed by atoms with Crippen molar-refractivity contribution in [3.05, 3.63) is 36.5 Å². The van der Waals surface area contributed by atoms with E-state index in [1.54, 1.807) is 13.1 Å². The molecule has 0 saturated carbocycles. The number of pyridine rings is 1. The van der Waals surface area contributed by atoms with E-state index < -0.39 is 11.9 Å². The molecular formula is C13H14N2O2. The highest BCUT2D eigenvalue weighted by atomic mass is 16.4. The lowest BCUT2D eigenvalue weighted by Crippen LogP contribution is -2.19. The molecule has 1 atom stereocenters. The van der Waals surface area contributed by atoms with Gasteiger partial charge in [0, 0.05) is 23.8 Å². The highest BCUT2D eigenvalue weighted by Crippen LogP contribution is 2.17. The molecular weight excluding hydrogens is 216 g/mol. The van der Waals surface area contributed by atoms with Crippen LogP contribution in [0.5, 0.6) is 0 Å². The number of anilines is 1. The Bertz CT molecular complexity index is 540. The first-order chi connectivity index (χ1) is 8.16. The predicted molar refractivity (Wildman–Crippen MR) is 67.0 cm³/mol. The molecule has 1 unspecified atom stereocenters. The maximum Gasteiger partial charge on any atom is 0.308 e. The Morgan fingerprint density at radius 3 is 3.06 bits per heavy atom. The van der Waals surface area contributed by atoms with E-state index in [-0.39, 0.29) is 0 Å². The van der Waals surface area contributed by atoms with Gasteiger partial charge in [-0.3, -0.25) is 9.78 Å². The minimum atomic E-state index is -0.792. The van der Waals surface area contributed by atoms with E-state index in [0.29, 0.717) is 6.54 Å². The van der Waals surface area contributed by atoms with E-state index >= 15 is 0 Å². The van der Waals surface area contributed by atoms with Crippen LogP contribution in [0.15, 0.2) is 36.5 Å². The zero-order valence-corrected chi connectivity index (χ0v) is 9.55. The van der Waals surface area contributed by atoms with E-state index in [4.69, 9.17) is 5.11 Å². The van der Waals surface area contributed by atoms with Gasteiger partial charge in [-0.2, -0.15) is 0 Å². The highest BCUT2D eigenvalue weighted by molar-refractivity contribution is 5.82. The summed E-state index contributed by atoms with van der Waals surface area (Å²) in [5.41, 5.74) is 1.85.